The van der Waals surface area contributed by atoms with Gasteiger partial charge in [0.2, 0.25) is 0 Å². The third kappa shape index (κ3) is 2.40. The largest absolute Gasteiger partial charge is 0.390 e. The molecule has 0 saturated heterocycles. The molecule has 6 heteroatoms. The van der Waals surface area contributed by atoms with Crippen molar-refractivity contribution in [3.8, 4) is 0 Å². The normalized spacial score (nSPS) is 11.0. The highest BCUT2D eigenvalue weighted by molar-refractivity contribution is 9.10. The molecule has 0 spiro atoms. The molecule has 0 aromatic carbocycles. The molecule has 0 unspecified atom stereocenters. The van der Waals surface area contributed by atoms with Crippen molar-refractivity contribution in [1.29, 1.82) is 0 Å². The molecule has 0 saturated carbocycles. The Morgan fingerprint density at radius 3 is 2.57 bits per heavy atom. The SMILES string of the molecule is OCc1nc(CCl)c(C(F)F)cc1Br. The van der Waals surface area contributed by atoms with Crippen molar-refractivity contribution in [2.75, 3.05) is 0 Å². The van der Waals surface area contributed by atoms with Gasteiger partial charge >= 0.3 is 0 Å². The lowest BCUT2D eigenvalue weighted by Gasteiger charge is -2.08. The molecule has 0 radical (unpaired) electrons. The highest BCUT2D eigenvalue weighted by Crippen LogP contribution is 2.27. The fraction of sp³-hybridized carbons (Fsp3) is 0.375. The molecule has 78 valence electrons. The van der Waals surface area contributed by atoms with Crippen molar-refractivity contribution in [2.24, 2.45) is 0 Å². The summed E-state index contributed by atoms with van der Waals surface area (Å²) < 4.78 is 25.3. The van der Waals surface area contributed by atoms with E-state index in [-0.39, 0.29) is 23.7 Å². The van der Waals surface area contributed by atoms with Crippen LogP contribution in [0.3, 0.4) is 0 Å². The minimum atomic E-state index is -2.61. The maximum absolute atomic E-state index is 12.4. The maximum Gasteiger partial charge on any atom is 0.265 e. The molecule has 1 heterocycles. The Labute approximate surface area is 93.0 Å². The number of nitrogens with zero attached hydrogens (tertiary/aromatic N) is 1. The van der Waals surface area contributed by atoms with Gasteiger partial charge in [-0.2, -0.15) is 0 Å². The Morgan fingerprint density at radius 1 is 1.50 bits per heavy atom. The van der Waals surface area contributed by atoms with Crippen molar-refractivity contribution >= 4 is 27.5 Å². The predicted molar refractivity (Wildman–Crippen MR) is 52.4 cm³/mol. The van der Waals surface area contributed by atoms with Crippen LogP contribution in [0.2, 0.25) is 0 Å². The van der Waals surface area contributed by atoms with Crippen LogP contribution in [0.25, 0.3) is 0 Å². The summed E-state index contributed by atoms with van der Waals surface area (Å²) in [5, 5.41) is 8.84. The Bertz CT molecular complexity index is 335. The zero-order chi connectivity index (χ0) is 10.7. The molecule has 14 heavy (non-hydrogen) atoms. The van der Waals surface area contributed by atoms with Crippen LogP contribution in [0.5, 0.6) is 0 Å². The molecule has 0 fully saturated rings. The van der Waals surface area contributed by atoms with Gasteiger partial charge in [-0.25, -0.2) is 8.78 Å². The van der Waals surface area contributed by atoms with E-state index in [0.29, 0.717) is 10.2 Å². The molecule has 0 bridgehead atoms. The van der Waals surface area contributed by atoms with Crippen molar-refractivity contribution in [3.63, 3.8) is 0 Å². The second-order valence-electron chi connectivity index (χ2n) is 2.55. The molecule has 0 aliphatic carbocycles. The Balaban J connectivity index is 3.24. The highest BCUT2D eigenvalue weighted by Gasteiger charge is 2.16. The molecule has 1 aromatic heterocycles. The van der Waals surface area contributed by atoms with Gasteiger partial charge in [0.15, 0.2) is 0 Å². The van der Waals surface area contributed by atoms with Crippen LogP contribution >= 0.6 is 27.5 Å². The molecule has 2 nitrogen and oxygen atoms in total. The summed E-state index contributed by atoms with van der Waals surface area (Å²) in [6.45, 7) is -0.312. The molecule has 0 aliphatic rings. The second-order valence-corrected chi connectivity index (χ2v) is 3.67. The smallest absolute Gasteiger partial charge is 0.265 e. The van der Waals surface area contributed by atoms with Crippen molar-refractivity contribution in [2.45, 2.75) is 18.9 Å². The first-order valence-electron chi connectivity index (χ1n) is 3.73. The van der Waals surface area contributed by atoms with Gasteiger partial charge in [-0.05, 0) is 22.0 Å². The topological polar surface area (TPSA) is 33.1 Å². The summed E-state index contributed by atoms with van der Waals surface area (Å²) in [7, 11) is 0. The number of alkyl halides is 3. The van der Waals surface area contributed by atoms with E-state index in [2.05, 4.69) is 20.9 Å². The fourth-order valence-corrected chi connectivity index (χ4v) is 1.67. The number of aromatic nitrogens is 1. The average Bonchev–Trinajstić information content (AvgIpc) is 2.17. The molecule has 0 aliphatic heterocycles. The van der Waals surface area contributed by atoms with Crippen molar-refractivity contribution in [1.82, 2.24) is 4.98 Å². The van der Waals surface area contributed by atoms with Gasteiger partial charge in [-0.1, -0.05) is 0 Å². The number of aliphatic hydroxyl groups is 1. The molecule has 1 aromatic rings. The number of hydrogen-bond acceptors (Lipinski definition) is 2. The number of aliphatic hydroxyl groups excluding tert-OH is 1. The van der Waals surface area contributed by atoms with Crippen LogP contribution in [-0.2, 0) is 12.5 Å². The van der Waals surface area contributed by atoms with Crippen LogP contribution in [0, 0.1) is 0 Å². The van der Waals surface area contributed by atoms with E-state index in [1.807, 2.05) is 0 Å². The molecular formula is C8H7BrClF2NO. The molecule has 1 rings (SSSR count). The monoisotopic (exact) mass is 285 g/mol. The first kappa shape index (κ1) is 11.8. The van der Waals surface area contributed by atoms with Gasteiger partial charge in [0.25, 0.3) is 6.43 Å². The number of pyridine rings is 1. The summed E-state index contributed by atoms with van der Waals surface area (Å²) in [6, 6.07) is 1.24. The van der Waals surface area contributed by atoms with Gasteiger partial charge in [-0.15, -0.1) is 11.6 Å². The summed E-state index contributed by atoms with van der Waals surface area (Å²) in [5.74, 6) is -0.0973. The van der Waals surface area contributed by atoms with Gasteiger partial charge in [0.05, 0.1) is 23.9 Å². The van der Waals surface area contributed by atoms with Crippen molar-refractivity contribution < 1.29 is 13.9 Å². The van der Waals surface area contributed by atoms with E-state index in [0.717, 1.165) is 0 Å². The third-order valence-electron chi connectivity index (χ3n) is 1.67. The van der Waals surface area contributed by atoms with E-state index in [1.165, 1.54) is 6.07 Å². The maximum atomic E-state index is 12.4. The summed E-state index contributed by atoms with van der Waals surface area (Å²) in [6.07, 6.45) is -2.61. The lowest BCUT2D eigenvalue weighted by molar-refractivity contribution is 0.149. The summed E-state index contributed by atoms with van der Waals surface area (Å²) in [5.41, 5.74) is 0.211. The van der Waals surface area contributed by atoms with E-state index < -0.39 is 6.43 Å². The Morgan fingerprint density at radius 2 is 2.14 bits per heavy atom. The third-order valence-corrected chi connectivity index (χ3v) is 2.61. The lowest BCUT2D eigenvalue weighted by Crippen LogP contribution is -2.01. The van der Waals surface area contributed by atoms with Crippen LogP contribution < -0.4 is 0 Å². The van der Waals surface area contributed by atoms with Crippen LogP contribution in [0.4, 0.5) is 8.78 Å². The van der Waals surface area contributed by atoms with E-state index in [4.69, 9.17) is 16.7 Å². The zero-order valence-electron chi connectivity index (χ0n) is 6.98. The summed E-state index contributed by atoms with van der Waals surface area (Å²) >= 11 is 8.50. The Kier molecular flexibility index (Phi) is 4.22. The van der Waals surface area contributed by atoms with Crippen LogP contribution in [0.1, 0.15) is 23.4 Å². The zero-order valence-corrected chi connectivity index (χ0v) is 9.32. The van der Waals surface area contributed by atoms with Crippen LogP contribution in [-0.4, -0.2) is 10.1 Å². The standard InChI is InChI=1S/C8H7BrClF2NO/c9-5-1-4(8(11)12)6(2-10)13-7(5)3-14/h1,8,14H,2-3H2. The number of halogens is 4. The van der Waals surface area contributed by atoms with E-state index in [1.54, 1.807) is 0 Å². The quantitative estimate of drug-likeness (QED) is 0.867. The fourth-order valence-electron chi connectivity index (χ4n) is 0.991. The first-order chi connectivity index (χ1) is 6.60. The van der Waals surface area contributed by atoms with Gasteiger partial charge in [0.1, 0.15) is 0 Å². The molecule has 1 N–H and O–H groups in total. The average molecular weight is 287 g/mol. The Hall–Kier alpha value is -0.260. The molecular weight excluding hydrogens is 279 g/mol. The first-order valence-corrected chi connectivity index (χ1v) is 5.06. The van der Waals surface area contributed by atoms with E-state index in [9.17, 15) is 8.78 Å². The van der Waals surface area contributed by atoms with Gasteiger partial charge in [-0.3, -0.25) is 4.98 Å². The minimum Gasteiger partial charge on any atom is -0.390 e. The van der Waals surface area contributed by atoms with Gasteiger partial charge in [0, 0.05) is 10.0 Å². The number of hydrogen-bond donors (Lipinski definition) is 1. The van der Waals surface area contributed by atoms with E-state index >= 15 is 0 Å². The molecule has 0 atom stereocenters. The highest BCUT2D eigenvalue weighted by atomic mass is 79.9. The predicted octanol–water partition coefficient (Wildman–Crippen LogP) is 3.01. The number of rotatable bonds is 3. The summed E-state index contributed by atoms with van der Waals surface area (Å²) in [4.78, 5) is 3.82. The lowest BCUT2D eigenvalue weighted by atomic mass is 10.2. The minimum absolute atomic E-state index is 0.0973. The second kappa shape index (κ2) is 5.00. The van der Waals surface area contributed by atoms with Crippen molar-refractivity contribution in [3.05, 3.63) is 27.5 Å². The molecule has 0 amide bonds. The van der Waals surface area contributed by atoms with Gasteiger partial charge < -0.3 is 5.11 Å². The van der Waals surface area contributed by atoms with Crippen LogP contribution in [0.15, 0.2) is 10.5 Å².